The molecular formula is C43H28N4O3. The molecule has 0 unspecified atom stereocenters. The Labute approximate surface area is 287 Å². The lowest BCUT2D eigenvalue weighted by Crippen LogP contribution is -2.14. The summed E-state index contributed by atoms with van der Waals surface area (Å²) in [6.07, 6.45) is 1.55. The SMILES string of the molecule is O=C(c1ccc2ccccc2c1)c1nn(-c2ccccc2)cc1C(=O)c1nn(-c2ccccc2)c(-c2ccccc2)c1C(=O)c1ccccc1. The smallest absolute Gasteiger partial charge is 0.217 e. The second-order valence-corrected chi connectivity index (χ2v) is 11.8. The Hall–Kier alpha value is -6.99. The van der Waals surface area contributed by atoms with Gasteiger partial charge in [0.15, 0.2) is 5.78 Å². The van der Waals surface area contributed by atoms with Crippen LogP contribution in [0.5, 0.6) is 0 Å². The first-order valence-electron chi connectivity index (χ1n) is 16.1. The van der Waals surface area contributed by atoms with Crippen molar-refractivity contribution < 1.29 is 14.4 Å². The first-order chi connectivity index (χ1) is 24.6. The largest absolute Gasteiger partial charge is 0.288 e. The normalized spacial score (nSPS) is 11.0. The zero-order chi connectivity index (χ0) is 34.0. The molecule has 0 aliphatic heterocycles. The van der Waals surface area contributed by atoms with Gasteiger partial charge in [-0.3, -0.25) is 14.4 Å². The Balaban J connectivity index is 1.37. The fourth-order valence-electron chi connectivity index (χ4n) is 6.16. The van der Waals surface area contributed by atoms with E-state index in [2.05, 4.69) is 5.10 Å². The Morgan fingerprint density at radius 2 is 1.04 bits per heavy atom. The minimum absolute atomic E-state index is 0.0337. The van der Waals surface area contributed by atoms with Gasteiger partial charge in [-0.15, -0.1) is 0 Å². The van der Waals surface area contributed by atoms with Gasteiger partial charge in [0.05, 0.1) is 28.2 Å². The molecule has 0 atom stereocenters. The lowest BCUT2D eigenvalue weighted by molar-refractivity contribution is 0.0990. The lowest BCUT2D eigenvalue weighted by Gasteiger charge is -2.10. The van der Waals surface area contributed by atoms with Crippen molar-refractivity contribution >= 4 is 28.1 Å². The molecule has 6 aromatic carbocycles. The van der Waals surface area contributed by atoms with Gasteiger partial charge in [0.2, 0.25) is 11.6 Å². The molecule has 0 spiro atoms. The number of carbonyl (C=O) groups excluding carboxylic acids is 3. The van der Waals surface area contributed by atoms with Crippen molar-refractivity contribution in [1.29, 1.82) is 0 Å². The van der Waals surface area contributed by atoms with Crippen LogP contribution >= 0.6 is 0 Å². The van der Waals surface area contributed by atoms with Crippen LogP contribution in [0.1, 0.15) is 48.0 Å². The molecule has 0 fully saturated rings. The third-order valence-electron chi connectivity index (χ3n) is 8.62. The number of hydrogen-bond acceptors (Lipinski definition) is 5. The minimum Gasteiger partial charge on any atom is -0.288 e. The summed E-state index contributed by atoms with van der Waals surface area (Å²) in [6.45, 7) is 0. The van der Waals surface area contributed by atoms with Crippen LogP contribution in [0.4, 0.5) is 0 Å². The third-order valence-corrected chi connectivity index (χ3v) is 8.62. The number of aromatic nitrogens is 4. The van der Waals surface area contributed by atoms with Gasteiger partial charge in [-0.25, -0.2) is 9.36 Å². The fourth-order valence-corrected chi connectivity index (χ4v) is 6.16. The number of fused-ring (bicyclic) bond motifs is 1. The number of nitrogens with zero attached hydrogens (tertiary/aromatic N) is 4. The van der Waals surface area contributed by atoms with Crippen molar-refractivity contribution in [3.05, 3.63) is 204 Å². The van der Waals surface area contributed by atoms with Gasteiger partial charge in [-0.2, -0.15) is 10.2 Å². The Kier molecular flexibility index (Phi) is 7.83. The number of para-hydroxylation sites is 2. The Bertz CT molecular complexity index is 2520. The maximum atomic E-state index is 15.0. The molecule has 0 saturated carbocycles. The molecule has 7 heteroatoms. The number of hydrogen-bond donors (Lipinski definition) is 0. The van der Waals surface area contributed by atoms with Crippen molar-refractivity contribution in [1.82, 2.24) is 19.6 Å². The fraction of sp³-hybridized carbons (Fsp3) is 0. The van der Waals surface area contributed by atoms with Crippen LogP contribution in [0, 0.1) is 0 Å². The molecule has 50 heavy (non-hydrogen) atoms. The Morgan fingerprint density at radius 1 is 0.460 bits per heavy atom. The maximum Gasteiger partial charge on any atom is 0.217 e. The second kappa shape index (κ2) is 12.9. The molecule has 7 nitrogen and oxygen atoms in total. The zero-order valence-electron chi connectivity index (χ0n) is 26.7. The first-order valence-corrected chi connectivity index (χ1v) is 16.1. The summed E-state index contributed by atoms with van der Waals surface area (Å²) in [7, 11) is 0. The van der Waals surface area contributed by atoms with Crippen LogP contribution in [-0.2, 0) is 0 Å². The van der Waals surface area contributed by atoms with E-state index < -0.39 is 11.6 Å². The summed E-state index contributed by atoms with van der Waals surface area (Å²) < 4.78 is 3.15. The average Bonchev–Trinajstić information content (AvgIpc) is 3.82. The van der Waals surface area contributed by atoms with E-state index in [0.29, 0.717) is 33.8 Å². The van der Waals surface area contributed by atoms with Gasteiger partial charge in [0.25, 0.3) is 0 Å². The molecule has 8 aromatic rings. The van der Waals surface area contributed by atoms with Gasteiger partial charge in [-0.05, 0) is 41.1 Å². The van der Waals surface area contributed by atoms with Crippen LogP contribution in [-0.4, -0.2) is 36.9 Å². The zero-order valence-corrected chi connectivity index (χ0v) is 26.7. The van der Waals surface area contributed by atoms with Crippen LogP contribution in [0.15, 0.2) is 170 Å². The lowest BCUT2D eigenvalue weighted by atomic mass is 9.93. The summed E-state index contributed by atoms with van der Waals surface area (Å²) in [5.74, 6) is -1.38. The molecular weight excluding hydrogens is 620 g/mol. The molecule has 0 bridgehead atoms. The maximum absolute atomic E-state index is 15.0. The van der Waals surface area contributed by atoms with Crippen molar-refractivity contribution in [3.8, 4) is 22.6 Å². The highest BCUT2D eigenvalue weighted by molar-refractivity contribution is 6.24. The minimum atomic E-state index is -0.595. The number of ketones is 3. The quantitative estimate of drug-likeness (QED) is 0.146. The van der Waals surface area contributed by atoms with E-state index in [1.54, 1.807) is 47.3 Å². The van der Waals surface area contributed by atoms with Gasteiger partial charge >= 0.3 is 0 Å². The highest BCUT2D eigenvalue weighted by Gasteiger charge is 2.34. The van der Waals surface area contributed by atoms with Gasteiger partial charge in [-0.1, -0.05) is 133 Å². The number of rotatable bonds is 9. The van der Waals surface area contributed by atoms with Crippen molar-refractivity contribution in [2.24, 2.45) is 0 Å². The molecule has 0 aliphatic carbocycles. The number of carbonyl (C=O) groups is 3. The molecule has 8 rings (SSSR count). The van der Waals surface area contributed by atoms with Crippen LogP contribution in [0.3, 0.4) is 0 Å². The van der Waals surface area contributed by atoms with Crippen molar-refractivity contribution in [2.45, 2.75) is 0 Å². The molecule has 238 valence electrons. The van der Waals surface area contributed by atoms with Crippen molar-refractivity contribution in [2.75, 3.05) is 0 Å². The predicted molar refractivity (Wildman–Crippen MR) is 193 cm³/mol. The van der Waals surface area contributed by atoms with E-state index in [1.807, 2.05) is 127 Å². The van der Waals surface area contributed by atoms with Crippen LogP contribution in [0.25, 0.3) is 33.4 Å². The number of benzene rings is 6. The van der Waals surface area contributed by atoms with Crippen LogP contribution in [0.2, 0.25) is 0 Å². The Morgan fingerprint density at radius 3 is 1.72 bits per heavy atom. The molecule has 0 aliphatic rings. The van der Waals surface area contributed by atoms with E-state index >= 15 is 4.79 Å². The summed E-state index contributed by atoms with van der Waals surface area (Å²) in [5, 5.41) is 11.4. The van der Waals surface area contributed by atoms with E-state index in [1.165, 1.54) is 4.68 Å². The highest BCUT2D eigenvalue weighted by atomic mass is 16.1. The summed E-state index contributed by atoms with van der Waals surface area (Å²) in [4.78, 5) is 43.9. The second-order valence-electron chi connectivity index (χ2n) is 11.8. The summed E-state index contributed by atoms with van der Waals surface area (Å²) in [5.41, 5.74) is 3.33. The predicted octanol–water partition coefficient (Wildman–Crippen LogP) is 8.57. The topological polar surface area (TPSA) is 86.8 Å². The average molecular weight is 649 g/mol. The van der Waals surface area contributed by atoms with E-state index in [9.17, 15) is 9.59 Å². The van der Waals surface area contributed by atoms with E-state index in [-0.39, 0.29) is 28.3 Å². The summed E-state index contributed by atoms with van der Waals surface area (Å²) >= 11 is 0. The molecule has 2 heterocycles. The molecule has 0 amide bonds. The van der Waals surface area contributed by atoms with Crippen LogP contribution < -0.4 is 0 Å². The molecule has 0 N–H and O–H groups in total. The van der Waals surface area contributed by atoms with Gasteiger partial charge in [0.1, 0.15) is 11.4 Å². The van der Waals surface area contributed by atoms with Gasteiger partial charge in [0, 0.05) is 22.9 Å². The molecule has 0 saturated heterocycles. The van der Waals surface area contributed by atoms with E-state index in [4.69, 9.17) is 5.10 Å². The highest BCUT2D eigenvalue weighted by Crippen LogP contribution is 2.33. The van der Waals surface area contributed by atoms with E-state index in [0.717, 1.165) is 10.8 Å². The molecule has 0 radical (unpaired) electrons. The van der Waals surface area contributed by atoms with Crippen molar-refractivity contribution in [3.63, 3.8) is 0 Å². The third kappa shape index (κ3) is 5.52. The monoisotopic (exact) mass is 648 g/mol. The first kappa shape index (κ1) is 30.4. The summed E-state index contributed by atoms with van der Waals surface area (Å²) in [6, 6.07) is 50.0. The molecule has 2 aromatic heterocycles. The van der Waals surface area contributed by atoms with Gasteiger partial charge < -0.3 is 0 Å². The standard InChI is InChI=1S/C43H28N4O3/c48-41(31-18-7-2-8-19-31)37-39(45-47(35-23-11-4-12-24-35)40(37)30-16-5-1-6-17-30)43(50)36-28-46(34-21-9-3-10-22-34)44-38(36)42(49)33-26-25-29-15-13-14-20-32(29)27-33/h1-28H.